The predicted octanol–water partition coefficient (Wildman–Crippen LogP) is 3.13. The van der Waals surface area contributed by atoms with Gasteiger partial charge in [-0.15, -0.1) is 0 Å². The summed E-state index contributed by atoms with van der Waals surface area (Å²) >= 11 is 0. The number of carbonyl (C=O) groups excluding carboxylic acids is 2. The fourth-order valence-corrected chi connectivity index (χ4v) is 2.64. The van der Waals surface area contributed by atoms with Crippen molar-refractivity contribution in [2.75, 3.05) is 13.2 Å². The van der Waals surface area contributed by atoms with Gasteiger partial charge in [-0.05, 0) is 44.9 Å². The third-order valence-corrected chi connectivity index (χ3v) is 4.06. The van der Waals surface area contributed by atoms with Crippen molar-refractivity contribution in [1.82, 2.24) is 0 Å². The number of halogens is 2. The molecule has 0 radical (unpaired) electrons. The minimum absolute atomic E-state index is 0.0138. The lowest BCUT2D eigenvalue weighted by Gasteiger charge is -2.42. The van der Waals surface area contributed by atoms with Gasteiger partial charge in [0.1, 0.15) is 5.60 Å². The molecule has 1 aliphatic carbocycles. The van der Waals surface area contributed by atoms with Crippen LogP contribution in [0.1, 0.15) is 53.4 Å². The fourth-order valence-electron chi connectivity index (χ4n) is 2.64. The Kier molecular flexibility index (Phi) is 5.47. The van der Waals surface area contributed by atoms with Gasteiger partial charge in [-0.25, -0.2) is 4.79 Å². The largest absolute Gasteiger partial charge is 0.461 e. The molecule has 0 N–H and O–H groups in total. The molecule has 0 aromatic carbocycles. The lowest BCUT2D eigenvalue weighted by Crippen LogP contribution is -2.56. The van der Waals surface area contributed by atoms with Crippen LogP contribution < -0.4 is 0 Å². The molecule has 21 heavy (non-hydrogen) atoms. The Balaban J connectivity index is 3.00. The van der Waals surface area contributed by atoms with Crippen molar-refractivity contribution in [3.8, 4) is 0 Å². The van der Waals surface area contributed by atoms with Gasteiger partial charge in [0.25, 0.3) is 0 Å². The van der Waals surface area contributed by atoms with Crippen molar-refractivity contribution < 1.29 is 27.8 Å². The quantitative estimate of drug-likeness (QED) is 0.559. The molecule has 6 heteroatoms. The van der Waals surface area contributed by atoms with Crippen LogP contribution in [0.2, 0.25) is 0 Å². The number of hydrogen-bond donors (Lipinski definition) is 0. The standard InChI is InChI=1S/C15H24F2O4/c1-5-20-12(19)15(16,17)11(18)14(21-6-2)9-7-13(3,4)8-10-14/h5-10H2,1-4H3. The van der Waals surface area contributed by atoms with Gasteiger partial charge in [0.05, 0.1) is 6.61 Å². The third-order valence-electron chi connectivity index (χ3n) is 4.06. The maximum atomic E-state index is 14.0. The van der Waals surface area contributed by atoms with Crippen LogP contribution in [0.5, 0.6) is 0 Å². The number of hydrogen-bond acceptors (Lipinski definition) is 4. The second-order valence-electron chi connectivity index (χ2n) is 6.22. The van der Waals surface area contributed by atoms with Crippen LogP contribution in [-0.2, 0) is 19.1 Å². The minimum atomic E-state index is -4.16. The van der Waals surface area contributed by atoms with Crippen molar-refractivity contribution in [3.05, 3.63) is 0 Å². The average molecular weight is 306 g/mol. The summed E-state index contributed by atoms with van der Waals surface area (Å²) in [5.74, 6) is -7.42. The Morgan fingerprint density at radius 2 is 1.57 bits per heavy atom. The molecule has 0 amide bonds. The topological polar surface area (TPSA) is 52.6 Å². The first-order valence-electron chi connectivity index (χ1n) is 7.35. The number of ether oxygens (including phenoxy) is 2. The van der Waals surface area contributed by atoms with Crippen LogP contribution in [0.25, 0.3) is 0 Å². The highest BCUT2D eigenvalue weighted by molar-refractivity contribution is 6.09. The Hall–Kier alpha value is -1.04. The first kappa shape index (κ1) is 18.0. The van der Waals surface area contributed by atoms with E-state index in [4.69, 9.17) is 4.74 Å². The lowest BCUT2D eigenvalue weighted by molar-refractivity contribution is -0.192. The fraction of sp³-hybridized carbons (Fsp3) is 0.867. The summed E-state index contributed by atoms with van der Waals surface area (Å²) in [4.78, 5) is 23.7. The number of ketones is 1. The van der Waals surface area contributed by atoms with Crippen LogP contribution in [-0.4, -0.2) is 36.5 Å². The monoisotopic (exact) mass is 306 g/mol. The van der Waals surface area contributed by atoms with Gasteiger partial charge in [0.2, 0.25) is 5.78 Å². The smallest absolute Gasteiger partial charge is 0.402 e. The van der Waals surface area contributed by atoms with Crippen LogP contribution in [0.15, 0.2) is 0 Å². The molecule has 0 unspecified atom stereocenters. The van der Waals surface area contributed by atoms with Gasteiger partial charge in [0.15, 0.2) is 0 Å². The Labute approximate surface area is 124 Å². The molecule has 0 aromatic rings. The second kappa shape index (κ2) is 6.38. The Morgan fingerprint density at radius 3 is 2.00 bits per heavy atom. The van der Waals surface area contributed by atoms with Gasteiger partial charge < -0.3 is 9.47 Å². The van der Waals surface area contributed by atoms with Crippen molar-refractivity contribution in [2.24, 2.45) is 5.41 Å². The highest BCUT2D eigenvalue weighted by atomic mass is 19.3. The number of alkyl halides is 2. The highest BCUT2D eigenvalue weighted by Crippen LogP contribution is 2.44. The van der Waals surface area contributed by atoms with E-state index >= 15 is 0 Å². The van der Waals surface area contributed by atoms with E-state index in [0.717, 1.165) is 0 Å². The van der Waals surface area contributed by atoms with Crippen LogP contribution in [0.3, 0.4) is 0 Å². The highest BCUT2D eigenvalue weighted by Gasteiger charge is 2.59. The number of esters is 1. The molecule has 1 aliphatic rings. The first-order chi connectivity index (χ1) is 9.61. The molecule has 0 atom stereocenters. The molecule has 0 bridgehead atoms. The van der Waals surface area contributed by atoms with E-state index in [0.29, 0.717) is 12.8 Å². The van der Waals surface area contributed by atoms with E-state index in [-0.39, 0.29) is 31.5 Å². The summed E-state index contributed by atoms with van der Waals surface area (Å²) in [7, 11) is 0. The number of Topliss-reactive ketones (excluding diaryl/α,β-unsaturated/α-hetero) is 1. The van der Waals surface area contributed by atoms with E-state index < -0.39 is 23.3 Å². The molecule has 0 saturated heterocycles. The molecule has 0 spiro atoms. The molecule has 1 saturated carbocycles. The zero-order valence-corrected chi connectivity index (χ0v) is 13.1. The molecule has 0 aliphatic heterocycles. The lowest BCUT2D eigenvalue weighted by atomic mass is 9.68. The molecular weight excluding hydrogens is 282 g/mol. The summed E-state index contributed by atoms with van der Waals surface area (Å²) < 4.78 is 37.8. The predicted molar refractivity (Wildman–Crippen MR) is 73.2 cm³/mol. The summed E-state index contributed by atoms with van der Waals surface area (Å²) in [5, 5.41) is 0. The van der Waals surface area contributed by atoms with E-state index in [2.05, 4.69) is 4.74 Å². The molecule has 122 valence electrons. The van der Waals surface area contributed by atoms with Crippen molar-refractivity contribution in [1.29, 1.82) is 0 Å². The number of carbonyl (C=O) groups is 2. The van der Waals surface area contributed by atoms with E-state index in [9.17, 15) is 18.4 Å². The van der Waals surface area contributed by atoms with Crippen LogP contribution >= 0.6 is 0 Å². The maximum absolute atomic E-state index is 14.0. The summed E-state index contributed by atoms with van der Waals surface area (Å²) in [6, 6.07) is 0. The minimum Gasteiger partial charge on any atom is -0.461 e. The molecule has 4 nitrogen and oxygen atoms in total. The van der Waals surface area contributed by atoms with Gasteiger partial charge in [-0.3, -0.25) is 4.79 Å². The SMILES string of the molecule is CCOC(=O)C(F)(F)C(=O)C1(OCC)CCC(C)(C)CC1. The van der Waals surface area contributed by atoms with E-state index in [1.54, 1.807) is 6.92 Å². The molecular formula is C15H24F2O4. The van der Waals surface area contributed by atoms with Crippen molar-refractivity contribution in [2.45, 2.75) is 64.9 Å². The van der Waals surface area contributed by atoms with E-state index in [1.165, 1.54) is 6.92 Å². The molecule has 1 fully saturated rings. The summed E-state index contributed by atoms with van der Waals surface area (Å²) in [5.41, 5.74) is -1.60. The van der Waals surface area contributed by atoms with E-state index in [1.807, 2.05) is 13.8 Å². The van der Waals surface area contributed by atoms with Gasteiger partial charge in [0, 0.05) is 6.61 Å². The zero-order chi connectivity index (χ0) is 16.3. The maximum Gasteiger partial charge on any atom is 0.402 e. The summed E-state index contributed by atoms with van der Waals surface area (Å²) in [6.07, 6.45) is 1.58. The molecule has 0 aromatic heterocycles. The van der Waals surface area contributed by atoms with Crippen LogP contribution in [0, 0.1) is 5.41 Å². The van der Waals surface area contributed by atoms with Crippen LogP contribution in [0.4, 0.5) is 8.78 Å². The van der Waals surface area contributed by atoms with Gasteiger partial charge in [-0.2, -0.15) is 8.78 Å². The summed E-state index contributed by atoms with van der Waals surface area (Å²) in [6.45, 7) is 7.06. The van der Waals surface area contributed by atoms with Gasteiger partial charge in [-0.1, -0.05) is 13.8 Å². The van der Waals surface area contributed by atoms with Crippen molar-refractivity contribution in [3.63, 3.8) is 0 Å². The molecule has 0 heterocycles. The molecule has 1 rings (SSSR count). The Bertz CT molecular complexity index is 394. The normalized spacial score (nSPS) is 20.9. The zero-order valence-electron chi connectivity index (χ0n) is 13.1. The average Bonchev–Trinajstić information content (AvgIpc) is 2.41. The Morgan fingerprint density at radius 1 is 1.05 bits per heavy atom. The number of rotatable bonds is 6. The second-order valence-corrected chi connectivity index (χ2v) is 6.22. The van der Waals surface area contributed by atoms with Crippen molar-refractivity contribution >= 4 is 11.8 Å². The van der Waals surface area contributed by atoms with Gasteiger partial charge >= 0.3 is 11.9 Å². The first-order valence-corrected chi connectivity index (χ1v) is 7.35. The third kappa shape index (κ3) is 3.78.